The maximum Gasteiger partial charge on any atom is 0.284 e. The number of hydrogen-bond acceptors (Lipinski definition) is 16. The Balaban J connectivity index is 1.24. The number of guanidine groups is 1. The zero-order chi connectivity index (χ0) is 44.6. The second-order valence-electron chi connectivity index (χ2n) is 15.6. The van der Waals surface area contributed by atoms with E-state index in [1.54, 1.807) is 60.8 Å². The topological polar surface area (TPSA) is 279 Å². The number of allylic oxidation sites excluding steroid dienone is 1. The van der Waals surface area contributed by atoms with Crippen molar-refractivity contribution in [1.29, 1.82) is 5.41 Å². The Bertz CT molecular complexity index is 2670. The van der Waals surface area contributed by atoms with Crippen molar-refractivity contribution in [2.45, 2.75) is 55.6 Å². The third-order valence-corrected chi connectivity index (χ3v) is 11.5. The van der Waals surface area contributed by atoms with E-state index >= 15 is 0 Å². The molecule has 8 N–H and O–H groups in total. The first-order valence-corrected chi connectivity index (χ1v) is 20.4. The molecule has 3 aromatic carbocycles. The number of carbonyl (C=O) groups excluding carboxylic acids is 4. The van der Waals surface area contributed by atoms with Crippen LogP contribution in [0.3, 0.4) is 0 Å². The van der Waals surface area contributed by atoms with Crippen LogP contribution in [-0.4, -0.2) is 125 Å². The van der Waals surface area contributed by atoms with Gasteiger partial charge in [0.25, 0.3) is 11.7 Å². The van der Waals surface area contributed by atoms with Crippen LogP contribution in [0.25, 0.3) is 0 Å². The molecule has 2 bridgehead atoms. The maximum atomic E-state index is 14.6. The minimum Gasteiger partial charge on any atom is -0.499 e. The Labute approximate surface area is 364 Å². The largest absolute Gasteiger partial charge is 0.499 e. The van der Waals surface area contributed by atoms with Gasteiger partial charge >= 0.3 is 0 Å². The average molecular weight is 873 g/mol. The molecular formula is C45H42N7O12+. The summed E-state index contributed by atoms with van der Waals surface area (Å²) in [6.07, 6.45) is -3.49. The van der Waals surface area contributed by atoms with Gasteiger partial charge in [0.2, 0.25) is 18.0 Å². The van der Waals surface area contributed by atoms with E-state index in [-0.39, 0.29) is 83.1 Å². The number of anilines is 1. The van der Waals surface area contributed by atoms with E-state index in [0.717, 1.165) is 5.56 Å². The number of hydrogen-bond donors (Lipinski definition) is 7. The summed E-state index contributed by atoms with van der Waals surface area (Å²) in [6.45, 7) is -0.763. The lowest BCUT2D eigenvalue weighted by atomic mass is 9.79. The van der Waals surface area contributed by atoms with Crippen LogP contribution in [-0.2, 0) is 30.2 Å². The normalized spacial score (nSPS) is 25.6. The minimum absolute atomic E-state index is 0.00997. The molecule has 328 valence electrons. The maximum absolute atomic E-state index is 14.6. The molecule has 1 saturated heterocycles. The Morgan fingerprint density at radius 1 is 1.00 bits per heavy atom. The van der Waals surface area contributed by atoms with Crippen molar-refractivity contribution in [3.05, 3.63) is 124 Å². The zero-order valence-electron chi connectivity index (χ0n) is 33.9. The van der Waals surface area contributed by atoms with Crippen LogP contribution in [0.4, 0.5) is 11.5 Å². The van der Waals surface area contributed by atoms with Crippen LogP contribution in [0, 0.1) is 5.41 Å². The molecule has 19 nitrogen and oxygen atoms in total. The summed E-state index contributed by atoms with van der Waals surface area (Å²) in [4.78, 5) is 66.9. The molecule has 5 aliphatic rings. The molecule has 4 aromatic rings. The highest BCUT2D eigenvalue weighted by molar-refractivity contribution is 6.68. The van der Waals surface area contributed by atoms with Crippen molar-refractivity contribution in [2.24, 2.45) is 9.98 Å². The predicted octanol–water partition coefficient (Wildman–Crippen LogP) is 0.289. The number of amides is 1. The van der Waals surface area contributed by atoms with Gasteiger partial charge in [-0.25, -0.2) is 14.9 Å². The van der Waals surface area contributed by atoms with Crippen molar-refractivity contribution >= 4 is 52.8 Å². The highest BCUT2D eigenvalue weighted by Crippen LogP contribution is 2.48. The molecule has 5 heterocycles. The molecule has 8 atom stereocenters. The highest BCUT2D eigenvalue weighted by Gasteiger charge is 2.49. The SMILES string of the molecule is N=C1N=C2C(=NC[NH+]2c2ccccc2[C@@H]2/C=C\OC[C@@H]3O[C@H](Oc4c2cc2c(c4OC[C@H](O)CC=O)C(=O)c4ccccc4C2=O)[C@@H](OCCc2ccnc(N)c2)[C@H](O)[C@H]3O)C(=O)N1. The van der Waals surface area contributed by atoms with E-state index in [2.05, 4.69) is 20.3 Å². The van der Waals surface area contributed by atoms with Crippen LogP contribution >= 0.6 is 0 Å². The fraction of sp³-hybridized carbons (Fsp3) is 0.289. The minimum atomic E-state index is -1.61. The first-order chi connectivity index (χ1) is 31.0. The molecule has 9 rings (SSSR count). The Kier molecular flexibility index (Phi) is 11.7. The summed E-state index contributed by atoms with van der Waals surface area (Å²) >= 11 is 0. The van der Waals surface area contributed by atoms with E-state index in [0.29, 0.717) is 34.7 Å². The van der Waals surface area contributed by atoms with Crippen molar-refractivity contribution in [3.8, 4) is 11.5 Å². The monoisotopic (exact) mass is 872 g/mol. The number of carbonyl (C=O) groups is 4. The lowest BCUT2D eigenvalue weighted by Crippen LogP contribution is -3.09. The molecule has 1 unspecified atom stereocenters. The fourth-order valence-electron chi connectivity index (χ4n) is 8.44. The molecule has 0 radical (unpaired) electrons. The highest BCUT2D eigenvalue weighted by atomic mass is 16.7. The molecule has 19 heteroatoms. The number of nitrogen functional groups attached to an aromatic ring is 1. The van der Waals surface area contributed by atoms with Crippen LogP contribution in [0.5, 0.6) is 11.5 Å². The lowest BCUT2D eigenvalue weighted by Gasteiger charge is -2.42. The van der Waals surface area contributed by atoms with Gasteiger partial charge in [-0.1, -0.05) is 42.5 Å². The lowest BCUT2D eigenvalue weighted by molar-refractivity contribution is -0.723. The number of nitrogens with two attached hydrogens (primary N) is 1. The molecule has 1 aliphatic carbocycles. The first kappa shape index (κ1) is 42.3. The smallest absolute Gasteiger partial charge is 0.284 e. The van der Waals surface area contributed by atoms with Gasteiger partial charge < -0.3 is 49.5 Å². The van der Waals surface area contributed by atoms with Gasteiger partial charge in [0.15, 0.2) is 29.7 Å². The molecule has 1 aromatic heterocycles. The van der Waals surface area contributed by atoms with E-state index in [1.807, 2.05) is 0 Å². The van der Waals surface area contributed by atoms with Crippen LogP contribution in [0.1, 0.15) is 60.9 Å². The van der Waals surface area contributed by atoms with Crippen molar-refractivity contribution in [2.75, 3.05) is 32.2 Å². The molecule has 1 amide bonds. The number of aldehydes is 1. The number of rotatable bonds is 11. The zero-order valence-corrected chi connectivity index (χ0v) is 33.9. The molecular weight excluding hydrogens is 831 g/mol. The van der Waals surface area contributed by atoms with Crippen molar-refractivity contribution in [1.82, 2.24) is 10.3 Å². The standard InChI is InChI=1S/C45H41N7O12/c46-32-17-22(9-13-48-32)11-16-61-41-38(58)37(57)31-20-60-15-12-24(25-5-3-4-8-30(25)52-21-49-34-42(52)50-45(47)51-43(34)59)28-18-29-33(36(56)27-7-2-1-6-26(27)35(29)55)40(39(28)64-44(41)63-31)62-19-23(54)10-14-53/h1-9,12-15,17-18,23-24,31,37-38,41,44,54,57-58H,10-11,16,19-21H2,(H2,46,48)(H2,47,51,59)/p+1/b15-12-/t23-,24+,31+,37+,38-,41+,44-/m1/s1. The third kappa shape index (κ3) is 7.84. The summed E-state index contributed by atoms with van der Waals surface area (Å²) < 4.78 is 31.7. The van der Waals surface area contributed by atoms with Gasteiger partial charge in [-0.15, -0.1) is 0 Å². The summed E-state index contributed by atoms with van der Waals surface area (Å²) in [6, 6.07) is 18.4. The van der Waals surface area contributed by atoms with Crippen LogP contribution in [0.2, 0.25) is 0 Å². The van der Waals surface area contributed by atoms with E-state index in [9.17, 15) is 34.5 Å². The van der Waals surface area contributed by atoms with Crippen molar-refractivity contribution < 1.29 is 63.1 Å². The van der Waals surface area contributed by atoms with Gasteiger partial charge in [0, 0.05) is 46.4 Å². The molecule has 0 spiro atoms. The number of nitrogens with zero attached hydrogens (tertiary/aromatic N) is 3. The van der Waals surface area contributed by atoms with E-state index < -0.39 is 66.8 Å². The second kappa shape index (κ2) is 17.6. The molecule has 0 saturated carbocycles. The van der Waals surface area contributed by atoms with E-state index in [4.69, 9.17) is 34.8 Å². The fourth-order valence-corrected chi connectivity index (χ4v) is 8.44. The van der Waals surface area contributed by atoms with Crippen molar-refractivity contribution in [3.63, 3.8) is 0 Å². The van der Waals surface area contributed by atoms with E-state index in [1.165, 1.54) is 24.5 Å². The molecule has 1 fully saturated rings. The predicted molar refractivity (Wildman–Crippen MR) is 225 cm³/mol. The number of fused-ring (bicyclic) bond motifs is 6. The number of ketones is 2. The number of amidine groups is 1. The van der Waals surface area contributed by atoms with Gasteiger partial charge in [-0.2, -0.15) is 4.99 Å². The quantitative estimate of drug-likeness (QED) is 0.0880. The number of aliphatic imine (C=N–C) groups is 2. The Morgan fingerprint density at radius 2 is 1.78 bits per heavy atom. The molecule has 64 heavy (non-hydrogen) atoms. The summed E-state index contributed by atoms with van der Waals surface area (Å²) in [5.41, 5.74) is 8.05. The van der Waals surface area contributed by atoms with Gasteiger partial charge in [-0.3, -0.25) is 25.1 Å². The number of benzene rings is 3. The number of pyridine rings is 1. The number of aliphatic hydroxyl groups excluding tert-OH is 3. The summed E-state index contributed by atoms with van der Waals surface area (Å²) in [5.74, 6) is -2.90. The molecule has 4 aliphatic heterocycles. The third-order valence-electron chi connectivity index (χ3n) is 11.5. The van der Waals surface area contributed by atoms with Gasteiger partial charge in [0.1, 0.15) is 55.4 Å². The van der Waals surface area contributed by atoms with Crippen LogP contribution in [0.15, 0.2) is 95.2 Å². The number of ether oxygens (including phenoxy) is 5. The Morgan fingerprint density at radius 3 is 2.58 bits per heavy atom. The summed E-state index contributed by atoms with van der Waals surface area (Å²) in [7, 11) is 0. The number of aliphatic hydroxyl groups is 3. The second-order valence-corrected chi connectivity index (χ2v) is 15.6. The average Bonchev–Trinajstić information content (AvgIpc) is 3.70. The van der Waals surface area contributed by atoms with Crippen LogP contribution < -0.4 is 25.4 Å². The number of aromatic nitrogens is 1. The van der Waals surface area contributed by atoms with Gasteiger partial charge in [-0.05, 0) is 42.3 Å². The van der Waals surface area contributed by atoms with Gasteiger partial charge in [0.05, 0.1) is 24.5 Å². The number of para-hydroxylation sites is 1. The number of quaternary nitrogens is 1. The number of nitrogens with one attached hydrogen (secondary N) is 3. The Hall–Kier alpha value is -7.00. The first-order valence-electron chi connectivity index (χ1n) is 20.4. The summed E-state index contributed by atoms with van der Waals surface area (Å²) in [5, 5.41) is 44.4.